The Morgan fingerprint density at radius 2 is 1.59 bits per heavy atom. The maximum atomic E-state index is 10.6. The molecule has 0 radical (unpaired) electrons. The maximum Gasteiger partial charge on any atom is 0.176 e. The zero-order valence-electron chi connectivity index (χ0n) is 16.8. The highest BCUT2D eigenvalue weighted by Crippen LogP contribution is 2.28. The van der Waals surface area contributed by atoms with Crippen molar-refractivity contribution >= 4 is 12.6 Å². The summed E-state index contributed by atoms with van der Waals surface area (Å²) in [5.41, 5.74) is 23.9. The van der Waals surface area contributed by atoms with Gasteiger partial charge in [-0.15, -0.1) is 0 Å². The number of unbranched alkanes of at least 4 members (excludes halogenated alkanes) is 3. The molecular formula is C18H38N4O6S. The van der Waals surface area contributed by atoms with Crippen LogP contribution in [0.5, 0.6) is 0 Å². The van der Waals surface area contributed by atoms with E-state index < -0.39 is 61.0 Å². The van der Waals surface area contributed by atoms with Gasteiger partial charge in [-0.05, 0) is 25.0 Å². The molecule has 0 aromatic heterocycles. The summed E-state index contributed by atoms with van der Waals surface area (Å²) in [7, 11) is 0. The number of aliphatic hydroxyl groups excluding tert-OH is 3. The molecule has 10 nitrogen and oxygen atoms in total. The zero-order valence-corrected chi connectivity index (χ0v) is 17.6. The van der Waals surface area contributed by atoms with E-state index in [1.807, 2.05) is 0 Å². The third-order valence-corrected chi connectivity index (χ3v) is 6.02. The minimum atomic E-state index is -1.26. The summed E-state index contributed by atoms with van der Waals surface area (Å²) in [6.07, 6.45) is -2.55. The smallest absolute Gasteiger partial charge is 0.176 e. The molecule has 172 valence electrons. The molecule has 0 aromatic carbocycles. The fourth-order valence-electron chi connectivity index (χ4n) is 3.85. The van der Waals surface area contributed by atoms with Crippen molar-refractivity contribution in [3.8, 4) is 0 Å². The van der Waals surface area contributed by atoms with Gasteiger partial charge in [0.05, 0.1) is 12.1 Å². The SMILES string of the molecule is NC[C@H]1O[C@H](O[C@H]2[C@H](OCCCCCCS)[C@@H](O)[C@H](N)C[C@@H]2N)[C@H](N)[C@@H](O)[C@@H]1O. The van der Waals surface area contributed by atoms with Crippen LogP contribution in [0.3, 0.4) is 0 Å². The summed E-state index contributed by atoms with van der Waals surface area (Å²) < 4.78 is 17.6. The molecule has 0 aromatic rings. The van der Waals surface area contributed by atoms with Crippen LogP contribution in [-0.2, 0) is 14.2 Å². The minimum Gasteiger partial charge on any atom is -0.389 e. The number of hydrogen-bond donors (Lipinski definition) is 8. The Balaban J connectivity index is 2.01. The minimum absolute atomic E-state index is 0.0127. The highest BCUT2D eigenvalue weighted by Gasteiger charge is 2.48. The fourth-order valence-corrected chi connectivity index (χ4v) is 4.08. The Bertz CT molecular complexity index is 480. The van der Waals surface area contributed by atoms with E-state index in [9.17, 15) is 15.3 Å². The summed E-state index contributed by atoms with van der Waals surface area (Å²) in [6, 6.07) is -2.06. The molecule has 10 atom stereocenters. The van der Waals surface area contributed by atoms with Crippen molar-refractivity contribution in [1.29, 1.82) is 0 Å². The van der Waals surface area contributed by atoms with Gasteiger partial charge in [0.1, 0.15) is 30.5 Å². The van der Waals surface area contributed by atoms with Gasteiger partial charge in [0.2, 0.25) is 0 Å². The molecule has 2 fully saturated rings. The molecule has 2 rings (SSSR count). The number of rotatable bonds is 10. The standard InChI is InChI=1S/C18H38N4O6S/c19-8-11-14(24)15(25)12(22)18(27-11)28-16-10(21)7-9(20)13(23)17(16)26-5-3-1-2-4-6-29/h9-18,23-25,29H,1-8,19-22H2/t9-,10+,11-,12-,13+,14-,15-,16-,17-,18-/m1/s1. The first-order valence-corrected chi connectivity index (χ1v) is 11.0. The fraction of sp³-hybridized carbons (Fsp3) is 1.00. The molecule has 29 heavy (non-hydrogen) atoms. The van der Waals surface area contributed by atoms with Crippen molar-refractivity contribution in [1.82, 2.24) is 0 Å². The molecule has 0 unspecified atom stereocenters. The Morgan fingerprint density at radius 1 is 0.897 bits per heavy atom. The van der Waals surface area contributed by atoms with E-state index in [1.54, 1.807) is 0 Å². The van der Waals surface area contributed by atoms with Gasteiger partial charge in [0.15, 0.2) is 6.29 Å². The number of ether oxygens (including phenoxy) is 3. The van der Waals surface area contributed by atoms with Crippen molar-refractivity contribution in [2.24, 2.45) is 22.9 Å². The Kier molecular flexibility index (Phi) is 10.5. The average molecular weight is 439 g/mol. The van der Waals surface area contributed by atoms with Gasteiger partial charge < -0.3 is 52.5 Å². The van der Waals surface area contributed by atoms with Gasteiger partial charge in [0.25, 0.3) is 0 Å². The molecule has 1 aliphatic carbocycles. The predicted octanol–water partition coefficient (Wildman–Crippen LogP) is -2.60. The normalized spacial score (nSPS) is 43.4. The Hall–Kier alpha value is -0.0500. The molecule has 1 saturated carbocycles. The van der Waals surface area contributed by atoms with Crippen LogP contribution in [0.15, 0.2) is 0 Å². The van der Waals surface area contributed by atoms with Crippen LogP contribution in [0.25, 0.3) is 0 Å². The van der Waals surface area contributed by atoms with Gasteiger partial charge in [-0.25, -0.2) is 0 Å². The lowest BCUT2D eigenvalue weighted by Crippen LogP contribution is -2.67. The van der Waals surface area contributed by atoms with Crippen LogP contribution in [0.1, 0.15) is 32.1 Å². The Labute approximate surface area is 177 Å². The lowest BCUT2D eigenvalue weighted by Gasteiger charge is -2.46. The second-order valence-corrected chi connectivity index (χ2v) is 8.41. The molecule has 11 N–H and O–H groups in total. The van der Waals surface area contributed by atoms with E-state index in [-0.39, 0.29) is 6.54 Å². The molecule has 0 amide bonds. The number of hydrogen-bond acceptors (Lipinski definition) is 11. The lowest BCUT2D eigenvalue weighted by atomic mass is 9.84. The Morgan fingerprint density at radius 3 is 2.24 bits per heavy atom. The van der Waals surface area contributed by atoms with Crippen molar-refractivity contribution in [2.75, 3.05) is 18.9 Å². The topological polar surface area (TPSA) is 192 Å². The van der Waals surface area contributed by atoms with Gasteiger partial charge in [-0.2, -0.15) is 12.6 Å². The summed E-state index contributed by atoms with van der Waals surface area (Å²) in [6.45, 7) is 0.416. The van der Waals surface area contributed by atoms with Crippen molar-refractivity contribution < 1.29 is 29.5 Å². The van der Waals surface area contributed by atoms with Gasteiger partial charge in [-0.1, -0.05) is 12.8 Å². The highest BCUT2D eigenvalue weighted by atomic mass is 32.1. The van der Waals surface area contributed by atoms with Crippen molar-refractivity contribution in [3.05, 3.63) is 0 Å². The quantitative estimate of drug-likeness (QED) is 0.132. The predicted molar refractivity (Wildman–Crippen MR) is 111 cm³/mol. The molecule has 1 heterocycles. The molecular weight excluding hydrogens is 400 g/mol. The van der Waals surface area contributed by atoms with Crippen LogP contribution < -0.4 is 22.9 Å². The van der Waals surface area contributed by atoms with Crippen LogP contribution in [0, 0.1) is 0 Å². The van der Waals surface area contributed by atoms with Crippen molar-refractivity contribution in [3.63, 3.8) is 0 Å². The highest BCUT2D eigenvalue weighted by molar-refractivity contribution is 7.80. The zero-order chi connectivity index (χ0) is 21.6. The molecule has 1 aliphatic heterocycles. The van der Waals surface area contributed by atoms with Crippen LogP contribution in [0.4, 0.5) is 0 Å². The molecule has 11 heteroatoms. The monoisotopic (exact) mass is 438 g/mol. The van der Waals surface area contributed by atoms with E-state index in [0.29, 0.717) is 13.0 Å². The van der Waals surface area contributed by atoms with Crippen molar-refractivity contribution in [2.45, 2.75) is 93.1 Å². The largest absolute Gasteiger partial charge is 0.389 e. The molecule has 2 aliphatic rings. The second-order valence-electron chi connectivity index (χ2n) is 7.97. The average Bonchev–Trinajstić information content (AvgIpc) is 2.70. The summed E-state index contributed by atoms with van der Waals surface area (Å²) in [5.74, 6) is 0.855. The summed E-state index contributed by atoms with van der Waals surface area (Å²) >= 11 is 4.20. The van der Waals surface area contributed by atoms with Crippen LogP contribution in [-0.4, -0.2) is 95.3 Å². The molecule has 0 bridgehead atoms. The molecule has 0 spiro atoms. The number of nitrogens with two attached hydrogens (primary N) is 4. The molecule has 1 saturated heterocycles. The van der Waals surface area contributed by atoms with E-state index in [1.165, 1.54) is 0 Å². The third kappa shape index (κ3) is 6.47. The van der Waals surface area contributed by atoms with Crippen LogP contribution >= 0.6 is 12.6 Å². The van der Waals surface area contributed by atoms with E-state index >= 15 is 0 Å². The van der Waals surface area contributed by atoms with Gasteiger partial charge in [0, 0.05) is 25.2 Å². The summed E-state index contributed by atoms with van der Waals surface area (Å²) in [5, 5.41) is 30.8. The van der Waals surface area contributed by atoms with E-state index in [0.717, 1.165) is 31.4 Å². The van der Waals surface area contributed by atoms with E-state index in [2.05, 4.69) is 12.6 Å². The lowest BCUT2D eigenvalue weighted by molar-refractivity contribution is -0.291. The number of aliphatic hydroxyl groups is 3. The maximum absolute atomic E-state index is 10.6. The second kappa shape index (κ2) is 12.1. The van der Waals surface area contributed by atoms with Gasteiger partial charge in [-0.3, -0.25) is 0 Å². The van der Waals surface area contributed by atoms with Gasteiger partial charge >= 0.3 is 0 Å². The first-order valence-electron chi connectivity index (χ1n) is 10.4. The summed E-state index contributed by atoms with van der Waals surface area (Å²) in [4.78, 5) is 0. The van der Waals surface area contributed by atoms with E-state index in [4.69, 9.17) is 37.1 Å². The number of thiol groups is 1. The first-order chi connectivity index (χ1) is 13.8. The first kappa shape index (κ1) is 25.2. The van der Waals surface area contributed by atoms with Crippen LogP contribution in [0.2, 0.25) is 0 Å². The third-order valence-electron chi connectivity index (χ3n) is 5.70.